The van der Waals surface area contributed by atoms with Crippen LogP contribution in [0.15, 0.2) is 48.5 Å². The van der Waals surface area contributed by atoms with Crippen molar-refractivity contribution >= 4 is 11.6 Å². The number of halogens is 1. The lowest BCUT2D eigenvalue weighted by Gasteiger charge is -2.08. The molecule has 1 aromatic heterocycles. The van der Waals surface area contributed by atoms with Crippen molar-refractivity contribution in [2.45, 2.75) is 13.5 Å². The van der Waals surface area contributed by atoms with Gasteiger partial charge in [-0.05, 0) is 18.6 Å². The standard InChI is InChI=1S/C17H13ClN4/c1-12-6-8-13(9-7-12)11-22-17(16(10-19)20-21-22)14-4-2-3-5-15(14)18/h2-9H,11H2,1H3. The quantitative estimate of drug-likeness (QED) is 0.739. The average Bonchev–Trinajstić information content (AvgIpc) is 2.93. The fourth-order valence-corrected chi connectivity index (χ4v) is 2.51. The minimum atomic E-state index is 0.278. The summed E-state index contributed by atoms with van der Waals surface area (Å²) >= 11 is 6.26. The first-order valence-electron chi connectivity index (χ1n) is 6.83. The van der Waals surface area contributed by atoms with E-state index in [1.54, 1.807) is 10.7 Å². The number of nitriles is 1. The molecular formula is C17H13ClN4. The van der Waals surface area contributed by atoms with Crippen LogP contribution in [0.4, 0.5) is 0 Å². The van der Waals surface area contributed by atoms with Gasteiger partial charge in [0, 0.05) is 5.56 Å². The van der Waals surface area contributed by atoms with Gasteiger partial charge in [0.15, 0.2) is 5.69 Å². The number of benzene rings is 2. The van der Waals surface area contributed by atoms with Crippen molar-refractivity contribution in [3.05, 3.63) is 70.4 Å². The molecular weight excluding hydrogens is 296 g/mol. The van der Waals surface area contributed by atoms with Gasteiger partial charge in [0.1, 0.15) is 11.8 Å². The summed E-state index contributed by atoms with van der Waals surface area (Å²) in [5, 5.41) is 17.9. The van der Waals surface area contributed by atoms with Gasteiger partial charge in [0.2, 0.25) is 0 Å². The molecule has 0 amide bonds. The van der Waals surface area contributed by atoms with E-state index in [2.05, 4.69) is 16.4 Å². The summed E-state index contributed by atoms with van der Waals surface area (Å²) in [6, 6.07) is 17.7. The molecule has 0 fully saturated rings. The van der Waals surface area contributed by atoms with Crippen molar-refractivity contribution in [3.63, 3.8) is 0 Å². The molecule has 2 aromatic carbocycles. The second-order valence-electron chi connectivity index (χ2n) is 5.02. The fraction of sp³-hybridized carbons (Fsp3) is 0.118. The molecule has 0 saturated heterocycles. The normalized spacial score (nSPS) is 10.4. The molecule has 3 rings (SSSR count). The van der Waals surface area contributed by atoms with Gasteiger partial charge >= 0.3 is 0 Å². The molecule has 0 unspecified atom stereocenters. The Labute approximate surface area is 133 Å². The molecule has 1 heterocycles. The Balaban J connectivity index is 2.06. The summed E-state index contributed by atoms with van der Waals surface area (Å²) in [7, 11) is 0. The average molecular weight is 309 g/mol. The molecule has 0 saturated carbocycles. The van der Waals surface area contributed by atoms with Crippen molar-refractivity contribution in [1.82, 2.24) is 15.0 Å². The van der Waals surface area contributed by atoms with Crippen molar-refractivity contribution in [2.24, 2.45) is 0 Å². The highest BCUT2D eigenvalue weighted by atomic mass is 35.5. The van der Waals surface area contributed by atoms with E-state index in [0.29, 0.717) is 17.3 Å². The monoisotopic (exact) mass is 308 g/mol. The predicted molar refractivity (Wildman–Crippen MR) is 85.5 cm³/mol. The Bertz CT molecular complexity index is 844. The summed E-state index contributed by atoms with van der Waals surface area (Å²) in [5.41, 5.74) is 3.98. The minimum absolute atomic E-state index is 0.278. The maximum Gasteiger partial charge on any atom is 0.190 e. The van der Waals surface area contributed by atoms with E-state index in [9.17, 15) is 5.26 Å². The third-order valence-electron chi connectivity index (χ3n) is 3.42. The number of nitrogens with zero attached hydrogens (tertiary/aromatic N) is 4. The first kappa shape index (κ1) is 14.3. The third kappa shape index (κ3) is 2.72. The molecule has 4 nitrogen and oxygen atoms in total. The first-order chi connectivity index (χ1) is 10.7. The van der Waals surface area contributed by atoms with E-state index in [1.807, 2.05) is 49.4 Å². The smallest absolute Gasteiger partial charge is 0.190 e. The zero-order valence-corrected chi connectivity index (χ0v) is 12.7. The van der Waals surface area contributed by atoms with Crippen molar-refractivity contribution < 1.29 is 0 Å². The number of hydrogen-bond donors (Lipinski definition) is 0. The Morgan fingerprint density at radius 1 is 1.14 bits per heavy atom. The summed E-state index contributed by atoms with van der Waals surface area (Å²) in [6.07, 6.45) is 0. The Morgan fingerprint density at radius 2 is 1.86 bits per heavy atom. The lowest BCUT2D eigenvalue weighted by Crippen LogP contribution is -2.04. The fourth-order valence-electron chi connectivity index (χ4n) is 2.29. The van der Waals surface area contributed by atoms with E-state index < -0.39 is 0 Å². The second-order valence-corrected chi connectivity index (χ2v) is 5.43. The Hall–Kier alpha value is -2.64. The van der Waals surface area contributed by atoms with E-state index in [1.165, 1.54) is 5.56 Å². The topological polar surface area (TPSA) is 54.5 Å². The maximum absolute atomic E-state index is 9.28. The molecule has 0 aliphatic heterocycles. The number of aromatic nitrogens is 3. The van der Waals surface area contributed by atoms with Crippen LogP contribution >= 0.6 is 11.6 Å². The molecule has 108 valence electrons. The first-order valence-corrected chi connectivity index (χ1v) is 7.21. The van der Waals surface area contributed by atoms with E-state index in [4.69, 9.17) is 11.6 Å². The van der Waals surface area contributed by atoms with Gasteiger partial charge in [-0.15, -0.1) is 5.10 Å². The molecule has 22 heavy (non-hydrogen) atoms. The molecule has 5 heteroatoms. The van der Waals surface area contributed by atoms with E-state index >= 15 is 0 Å². The van der Waals surface area contributed by atoms with Gasteiger partial charge in [-0.3, -0.25) is 0 Å². The molecule has 0 spiro atoms. The zero-order chi connectivity index (χ0) is 15.5. The minimum Gasteiger partial charge on any atom is -0.239 e. The van der Waals surface area contributed by atoms with Gasteiger partial charge in [-0.25, -0.2) is 4.68 Å². The molecule has 0 bridgehead atoms. The van der Waals surface area contributed by atoms with Gasteiger partial charge < -0.3 is 0 Å². The van der Waals surface area contributed by atoms with Crippen LogP contribution in [0.2, 0.25) is 5.02 Å². The predicted octanol–water partition coefficient (Wildman–Crippen LogP) is 3.83. The third-order valence-corrected chi connectivity index (χ3v) is 3.75. The number of aryl methyl sites for hydroxylation is 1. The Morgan fingerprint density at radius 3 is 2.55 bits per heavy atom. The van der Waals surface area contributed by atoms with E-state index in [0.717, 1.165) is 11.1 Å². The highest BCUT2D eigenvalue weighted by Crippen LogP contribution is 2.29. The molecule has 0 aliphatic rings. The molecule has 0 N–H and O–H groups in total. The van der Waals surface area contributed by atoms with Crippen LogP contribution in [-0.2, 0) is 6.54 Å². The molecule has 0 atom stereocenters. The Kier molecular flexibility index (Phi) is 3.90. The van der Waals surface area contributed by atoms with Crippen LogP contribution in [0.25, 0.3) is 11.3 Å². The van der Waals surface area contributed by atoms with Crippen LogP contribution in [0.3, 0.4) is 0 Å². The van der Waals surface area contributed by atoms with Crippen LogP contribution in [0.1, 0.15) is 16.8 Å². The van der Waals surface area contributed by atoms with Crippen molar-refractivity contribution in [1.29, 1.82) is 5.26 Å². The molecule has 3 aromatic rings. The lowest BCUT2D eigenvalue weighted by atomic mass is 10.1. The second kappa shape index (κ2) is 6.00. The largest absolute Gasteiger partial charge is 0.239 e. The van der Waals surface area contributed by atoms with Crippen LogP contribution < -0.4 is 0 Å². The van der Waals surface area contributed by atoms with Crippen LogP contribution in [0.5, 0.6) is 0 Å². The van der Waals surface area contributed by atoms with Crippen molar-refractivity contribution in [2.75, 3.05) is 0 Å². The number of rotatable bonds is 3. The number of hydrogen-bond acceptors (Lipinski definition) is 3. The van der Waals surface area contributed by atoms with Gasteiger partial charge in [0.25, 0.3) is 0 Å². The molecule has 0 aliphatic carbocycles. The van der Waals surface area contributed by atoms with Gasteiger partial charge in [-0.2, -0.15) is 5.26 Å². The van der Waals surface area contributed by atoms with Gasteiger partial charge in [0.05, 0.1) is 11.6 Å². The summed E-state index contributed by atoms with van der Waals surface area (Å²) in [6.45, 7) is 2.58. The lowest BCUT2D eigenvalue weighted by molar-refractivity contribution is 0.655. The van der Waals surface area contributed by atoms with Crippen LogP contribution in [-0.4, -0.2) is 15.0 Å². The summed E-state index contributed by atoms with van der Waals surface area (Å²) in [4.78, 5) is 0. The zero-order valence-electron chi connectivity index (χ0n) is 12.0. The van der Waals surface area contributed by atoms with E-state index in [-0.39, 0.29) is 5.69 Å². The highest BCUT2D eigenvalue weighted by molar-refractivity contribution is 6.33. The maximum atomic E-state index is 9.28. The SMILES string of the molecule is Cc1ccc(Cn2nnc(C#N)c2-c2ccccc2Cl)cc1. The highest BCUT2D eigenvalue weighted by Gasteiger charge is 2.17. The summed E-state index contributed by atoms with van der Waals surface area (Å²) in [5.74, 6) is 0. The van der Waals surface area contributed by atoms with Gasteiger partial charge in [-0.1, -0.05) is 64.8 Å². The van der Waals surface area contributed by atoms with Crippen molar-refractivity contribution in [3.8, 4) is 17.3 Å². The van der Waals surface area contributed by atoms with Crippen LogP contribution in [0, 0.1) is 18.3 Å². The molecule has 0 radical (unpaired) electrons. The summed E-state index contributed by atoms with van der Waals surface area (Å²) < 4.78 is 1.71.